The Morgan fingerprint density at radius 3 is 2.33 bits per heavy atom. The summed E-state index contributed by atoms with van der Waals surface area (Å²) in [6, 6.07) is 8.14. The van der Waals surface area contributed by atoms with Crippen LogP contribution in [0.4, 0.5) is 0 Å². The van der Waals surface area contributed by atoms with Crippen LogP contribution < -0.4 is 0 Å². The van der Waals surface area contributed by atoms with E-state index in [1.807, 2.05) is 19.9 Å². The number of thiol groups is 1. The fourth-order valence-corrected chi connectivity index (χ4v) is 2.78. The predicted molar refractivity (Wildman–Crippen MR) is 113 cm³/mol. The quantitative estimate of drug-likeness (QED) is 0.326. The molecule has 27 heavy (non-hydrogen) atoms. The first-order chi connectivity index (χ1) is 12.8. The monoisotopic (exact) mass is 405 g/mol. The maximum absolute atomic E-state index is 10.2. The third-order valence-corrected chi connectivity index (χ3v) is 4.22. The molecule has 0 atom stereocenters. The topological polar surface area (TPSA) is 94.3 Å². The molecule has 0 radical (unpaired) electrons. The number of phenolic OH excluding ortho intramolecular Hbond substituents is 3. The van der Waals surface area contributed by atoms with Gasteiger partial charge in [-0.2, -0.15) is 17.7 Å². The molecule has 0 saturated heterocycles. The number of rotatable bonds is 3. The number of phenols is 3. The molecule has 8 heteroatoms. The van der Waals surface area contributed by atoms with Gasteiger partial charge < -0.3 is 15.3 Å². The van der Waals surface area contributed by atoms with Crippen molar-refractivity contribution in [2.45, 2.75) is 27.2 Å². The number of H-pyrrole nitrogens is 1. The Morgan fingerprint density at radius 2 is 1.74 bits per heavy atom. The van der Waals surface area contributed by atoms with E-state index in [0.717, 1.165) is 11.3 Å². The van der Waals surface area contributed by atoms with Crippen molar-refractivity contribution < 1.29 is 15.3 Å². The summed E-state index contributed by atoms with van der Waals surface area (Å²) in [5.74, 6) is 1.42. The minimum atomic E-state index is -0.101. The SMILES string of the molecule is CCS.CCc1cc(-c2n[nH]c(=S)n2-c2ccc(C)c(O)c2)c(O)cc1O. The van der Waals surface area contributed by atoms with Gasteiger partial charge in [-0.25, -0.2) is 0 Å². The molecule has 0 amide bonds. The Hall–Kier alpha value is -2.45. The second-order valence-corrected chi connectivity index (χ2v) is 6.85. The van der Waals surface area contributed by atoms with Crippen molar-refractivity contribution in [2.75, 3.05) is 5.75 Å². The number of aryl methyl sites for hydroxylation is 2. The lowest BCUT2D eigenvalue weighted by Gasteiger charge is -2.11. The lowest BCUT2D eigenvalue weighted by Crippen LogP contribution is -1.99. The largest absolute Gasteiger partial charge is 0.508 e. The summed E-state index contributed by atoms with van der Waals surface area (Å²) in [4.78, 5) is 0. The van der Waals surface area contributed by atoms with Crippen LogP contribution in [0.3, 0.4) is 0 Å². The van der Waals surface area contributed by atoms with Crippen LogP contribution in [0, 0.1) is 11.7 Å². The van der Waals surface area contributed by atoms with E-state index in [-0.39, 0.29) is 17.2 Å². The highest BCUT2D eigenvalue weighted by Crippen LogP contribution is 2.35. The Morgan fingerprint density at radius 1 is 1.07 bits per heavy atom. The van der Waals surface area contributed by atoms with Crippen molar-refractivity contribution in [2.24, 2.45) is 0 Å². The van der Waals surface area contributed by atoms with Crippen LogP contribution in [0.15, 0.2) is 30.3 Å². The van der Waals surface area contributed by atoms with Gasteiger partial charge in [0.1, 0.15) is 17.2 Å². The number of nitrogens with zero attached hydrogens (tertiary/aromatic N) is 2. The fraction of sp³-hybridized carbons (Fsp3) is 0.263. The summed E-state index contributed by atoms with van der Waals surface area (Å²) in [6.07, 6.45) is 0.607. The molecule has 0 spiro atoms. The van der Waals surface area contributed by atoms with Gasteiger partial charge in [-0.05, 0) is 54.6 Å². The number of hydrogen-bond donors (Lipinski definition) is 5. The molecule has 144 valence electrons. The molecule has 0 aliphatic heterocycles. The summed E-state index contributed by atoms with van der Waals surface area (Å²) in [5.41, 5.74) is 2.50. The minimum absolute atomic E-state index is 0.0346. The van der Waals surface area contributed by atoms with Crippen molar-refractivity contribution in [1.29, 1.82) is 0 Å². The Balaban J connectivity index is 0.000000817. The van der Waals surface area contributed by atoms with E-state index >= 15 is 0 Å². The first-order valence-corrected chi connectivity index (χ1v) is 9.51. The fourth-order valence-electron chi connectivity index (χ4n) is 2.54. The van der Waals surface area contributed by atoms with Gasteiger partial charge in [0.2, 0.25) is 0 Å². The maximum atomic E-state index is 10.2. The van der Waals surface area contributed by atoms with Gasteiger partial charge in [0.15, 0.2) is 10.6 Å². The summed E-state index contributed by atoms with van der Waals surface area (Å²) < 4.78 is 1.96. The lowest BCUT2D eigenvalue weighted by molar-refractivity contribution is 0.447. The van der Waals surface area contributed by atoms with Gasteiger partial charge >= 0.3 is 0 Å². The van der Waals surface area contributed by atoms with E-state index < -0.39 is 0 Å². The van der Waals surface area contributed by atoms with Crippen LogP contribution >= 0.6 is 24.8 Å². The van der Waals surface area contributed by atoms with E-state index in [2.05, 4.69) is 22.8 Å². The molecule has 0 fully saturated rings. The molecular formula is C19H23N3O3S2. The smallest absolute Gasteiger partial charge is 0.200 e. The Kier molecular flexibility index (Phi) is 6.92. The first kappa shape index (κ1) is 20.9. The molecule has 4 N–H and O–H groups in total. The number of aromatic nitrogens is 3. The van der Waals surface area contributed by atoms with Gasteiger partial charge in [-0.15, -0.1) is 0 Å². The molecule has 0 aliphatic carbocycles. The molecule has 0 aliphatic rings. The number of aromatic hydroxyl groups is 3. The van der Waals surface area contributed by atoms with Crippen LogP contribution in [0.1, 0.15) is 25.0 Å². The molecule has 2 aromatic carbocycles. The average Bonchev–Trinajstić information content (AvgIpc) is 3.00. The average molecular weight is 406 g/mol. The molecule has 3 rings (SSSR count). The molecule has 6 nitrogen and oxygen atoms in total. The molecule has 1 heterocycles. The van der Waals surface area contributed by atoms with Crippen molar-refractivity contribution in [3.05, 3.63) is 46.2 Å². The van der Waals surface area contributed by atoms with E-state index in [1.165, 1.54) is 6.07 Å². The van der Waals surface area contributed by atoms with Crippen molar-refractivity contribution in [1.82, 2.24) is 14.8 Å². The summed E-state index contributed by atoms with van der Waals surface area (Å²) in [6.45, 7) is 5.70. The zero-order valence-electron chi connectivity index (χ0n) is 15.4. The van der Waals surface area contributed by atoms with Gasteiger partial charge in [0.05, 0.1) is 11.3 Å². The number of aromatic amines is 1. The molecule has 0 bridgehead atoms. The third-order valence-electron chi connectivity index (χ3n) is 3.94. The van der Waals surface area contributed by atoms with Gasteiger partial charge in [-0.1, -0.05) is 19.9 Å². The summed E-state index contributed by atoms with van der Waals surface area (Å²) in [5, 5.41) is 37.0. The predicted octanol–water partition coefficient (Wildman–Crippen LogP) is 4.52. The molecule has 1 aromatic heterocycles. The molecule has 0 saturated carbocycles. The van der Waals surface area contributed by atoms with Crippen LogP contribution in [-0.4, -0.2) is 35.8 Å². The molecule has 0 unspecified atom stereocenters. The third kappa shape index (κ3) is 4.45. The van der Waals surface area contributed by atoms with E-state index in [0.29, 0.717) is 33.8 Å². The number of benzene rings is 2. The Bertz CT molecular complexity index is 996. The minimum Gasteiger partial charge on any atom is -0.508 e. The zero-order chi connectivity index (χ0) is 20.1. The highest BCUT2D eigenvalue weighted by molar-refractivity contribution is 7.80. The number of hydrogen-bond acceptors (Lipinski definition) is 6. The second kappa shape index (κ2) is 8.96. The highest BCUT2D eigenvalue weighted by atomic mass is 32.1. The van der Waals surface area contributed by atoms with Gasteiger partial charge in [0, 0.05) is 12.1 Å². The molecule has 3 aromatic rings. The zero-order valence-corrected chi connectivity index (χ0v) is 17.1. The van der Waals surface area contributed by atoms with Crippen LogP contribution in [0.5, 0.6) is 17.2 Å². The molecular weight excluding hydrogens is 382 g/mol. The second-order valence-electron chi connectivity index (χ2n) is 5.83. The lowest BCUT2D eigenvalue weighted by atomic mass is 10.1. The van der Waals surface area contributed by atoms with Crippen LogP contribution in [-0.2, 0) is 6.42 Å². The van der Waals surface area contributed by atoms with Crippen LogP contribution in [0.25, 0.3) is 17.1 Å². The van der Waals surface area contributed by atoms with Crippen LogP contribution in [0.2, 0.25) is 0 Å². The number of nitrogens with one attached hydrogen (secondary N) is 1. The highest BCUT2D eigenvalue weighted by Gasteiger charge is 2.17. The van der Waals surface area contributed by atoms with E-state index in [4.69, 9.17) is 12.2 Å². The Labute approximate surface area is 168 Å². The van der Waals surface area contributed by atoms with Gasteiger partial charge in [-0.3, -0.25) is 9.67 Å². The standard InChI is InChI=1S/C17H17N3O3S.C2H6S/c1-3-10-6-12(15(23)8-14(10)22)16-18-19-17(24)20(16)11-5-4-9(2)13(21)7-11;1-2-3/h4-8,21-23H,3H2,1-2H3,(H,19,24);3H,2H2,1H3. The van der Waals surface area contributed by atoms with Crippen molar-refractivity contribution in [3.8, 4) is 34.3 Å². The van der Waals surface area contributed by atoms with Crippen molar-refractivity contribution >= 4 is 24.8 Å². The summed E-state index contributed by atoms with van der Waals surface area (Å²) >= 11 is 9.08. The normalized spacial score (nSPS) is 10.4. The first-order valence-electron chi connectivity index (χ1n) is 8.47. The van der Waals surface area contributed by atoms with E-state index in [9.17, 15) is 15.3 Å². The maximum Gasteiger partial charge on any atom is 0.200 e. The van der Waals surface area contributed by atoms with Crippen molar-refractivity contribution in [3.63, 3.8) is 0 Å². The van der Waals surface area contributed by atoms with Gasteiger partial charge in [0.25, 0.3) is 0 Å². The van der Waals surface area contributed by atoms with E-state index in [1.54, 1.807) is 29.7 Å². The summed E-state index contributed by atoms with van der Waals surface area (Å²) in [7, 11) is 0.